The van der Waals surface area contributed by atoms with Gasteiger partial charge >= 0.3 is 0 Å². The van der Waals surface area contributed by atoms with Crippen LogP contribution in [0, 0.1) is 0 Å². The quantitative estimate of drug-likeness (QED) is 0.529. The zero-order valence-corrected chi connectivity index (χ0v) is 10.1. The van der Waals surface area contributed by atoms with Crippen LogP contribution in [0.3, 0.4) is 0 Å². The van der Waals surface area contributed by atoms with Gasteiger partial charge in [-0.05, 0) is 32.5 Å². The predicted octanol–water partition coefficient (Wildman–Crippen LogP) is 0.627. The van der Waals surface area contributed by atoms with Crippen LogP contribution >= 0.6 is 12.2 Å². The van der Waals surface area contributed by atoms with Gasteiger partial charge in [-0.3, -0.25) is 4.21 Å². The molecule has 0 aromatic carbocycles. The van der Waals surface area contributed by atoms with Gasteiger partial charge in [0.2, 0.25) is 0 Å². The van der Waals surface area contributed by atoms with Crippen molar-refractivity contribution in [3.05, 3.63) is 0 Å². The molecule has 0 radical (unpaired) electrons. The fraction of sp³-hybridized carbons (Fsp3) is 0.875. The molecule has 78 valence electrons. The van der Waals surface area contributed by atoms with Crippen LogP contribution in [-0.2, 0) is 10.8 Å². The van der Waals surface area contributed by atoms with Crippen molar-refractivity contribution >= 4 is 28.1 Å². The van der Waals surface area contributed by atoms with Gasteiger partial charge in [0.15, 0.2) is 5.11 Å². The molecule has 5 heteroatoms. The monoisotopic (exact) mass is 222 g/mol. The van der Waals surface area contributed by atoms with Gasteiger partial charge in [-0.2, -0.15) is 0 Å². The fourth-order valence-corrected chi connectivity index (χ4v) is 1.68. The molecule has 2 N–H and O–H groups in total. The average Bonchev–Trinajstić information content (AvgIpc) is 1.96. The first-order valence-corrected chi connectivity index (χ1v) is 6.50. The number of thiocarbonyl (C=S) groups is 1. The van der Waals surface area contributed by atoms with E-state index in [1.807, 2.05) is 13.8 Å². The van der Waals surface area contributed by atoms with E-state index >= 15 is 0 Å². The first-order chi connectivity index (χ1) is 6.02. The molecule has 0 fully saturated rings. The van der Waals surface area contributed by atoms with E-state index in [4.69, 9.17) is 12.2 Å². The molecule has 0 amide bonds. The summed E-state index contributed by atoms with van der Waals surface area (Å²) >= 11 is 5.01. The van der Waals surface area contributed by atoms with Crippen molar-refractivity contribution in [2.45, 2.75) is 26.3 Å². The Hall–Kier alpha value is -0.160. The number of nitrogens with one attached hydrogen (secondary N) is 2. The highest BCUT2D eigenvalue weighted by atomic mass is 32.2. The van der Waals surface area contributed by atoms with E-state index in [1.54, 1.807) is 6.26 Å². The molecule has 3 nitrogen and oxygen atoms in total. The van der Waals surface area contributed by atoms with Gasteiger partial charge in [-0.25, -0.2) is 0 Å². The van der Waals surface area contributed by atoms with Gasteiger partial charge in [0, 0.05) is 35.4 Å². The van der Waals surface area contributed by atoms with Crippen LogP contribution in [0.15, 0.2) is 0 Å². The van der Waals surface area contributed by atoms with Gasteiger partial charge in [0.25, 0.3) is 0 Å². The highest BCUT2D eigenvalue weighted by Crippen LogP contribution is 1.82. The number of hydrogen-bond acceptors (Lipinski definition) is 2. The summed E-state index contributed by atoms with van der Waals surface area (Å²) in [5.41, 5.74) is 0. The summed E-state index contributed by atoms with van der Waals surface area (Å²) in [5, 5.41) is 6.81. The molecule has 0 aliphatic rings. The highest BCUT2D eigenvalue weighted by Gasteiger charge is 1.97. The smallest absolute Gasteiger partial charge is 0.166 e. The topological polar surface area (TPSA) is 41.1 Å². The molecule has 1 unspecified atom stereocenters. The Morgan fingerprint density at radius 3 is 2.62 bits per heavy atom. The second-order valence-electron chi connectivity index (χ2n) is 3.19. The molecule has 1 atom stereocenters. The normalized spacial score (nSPS) is 12.6. The second kappa shape index (κ2) is 7.26. The third kappa shape index (κ3) is 9.76. The van der Waals surface area contributed by atoms with Gasteiger partial charge in [0.1, 0.15) is 0 Å². The molecule has 0 heterocycles. The molecule has 0 aromatic heterocycles. The van der Waals surface area contributed by atoms with Crippen molar-refractivity contribution < 1.29 is 4.21 Å². The van der Waals surface area contributed by atoms with E-state index in [0.717, 1.165) is 18.7 Å². The molecule has 0 saturated heterocycles. The summed E-state index contributed by atoms with van der Waals surface area (Å²) < 4.78 is 10.7. The minimum absolute atomic E-state index is 0.361. The third-order valence-electron chi connectivity index (χ3n) is 1.31. The van der Waals surface area contributed by atoms with Crippen LogP contribution in [0.4, 0.5) is 0 Å². The van der Waals surface area contributed by atoms with E-state index in [1.165, 1.54) is 0 Å². The lowest BCUT2D eigenvalue weighted by atomic mass is 10.4. The summed E-state index contributed by atoms with van der Waals surface area (Å²) in [4.78, 5) is 0. The van der Waals surface area contributed by atoms with Crippen molar-refractivity contribution in [1.82, 2.24) is 10.6 Å². The minimum Gasteiger partial charge on any atom is -0.363 e. The Morgan fingerprint density at radius 2 is 2.15 bits per heavy atom. The number of hydrogen-bond donors (Lipinski definition) is 2. The average molecular weight is 222 g/mol. The van der Waals surface area contributed by atoms with Crippen molar-refractivity contribution in [2.24, 2.45) is 0 Å². The van der Waals surface area contributed by atoms with Crippen molar-refractivity contribution in [1.29, 1.82) is 0 Å². The maximum Gasteiger partial charge on any atom is 0.166 e. The zero-order chi connectivity index (χ0) is 10.3. The number of rotatable bonds is 5. The Bertz CT molecular complexity index is 183. The van der Waals surface area contributed by atoms with Crippen molar-refractivity contribution in [2.75, 3.05) is 18.6 Å². The van der Waals surface area contributed by atoms with Crippen molar-refractivity contribution in [3.63, 3.8) is 0 Å². The zero-order valence-electron chi connectivity index (χ0n) is 8.42. The highest BCUT2D eigenvalue weighted by molar-refractivity contribution is 7.84. The summed E-state index contributed by atoms with van der Waals surface area (Å²) in [7, 11) is -0.695. The fourth-order valence-electron chi connectivity index (χ4n) is 0.791. The lowest BCUT2D eigenvalue weighted by molar-refractivity contribution is 0.680. The molecule has 0 bridgehead atoms. The first kappa shape index (κ1) is 12.8. The maximum absolute atomic E-state index is 10.7. The molecule has 0 saturated carbocycles. The van der Waals surface area contributed by atoms with Gasteiger partial charge in [-0.15, -0.1) is 0 Å². The van der Waals surface area contributed by atoms with Gasteiger partial charge in [0.05, 0.1) is 0 Å². The van der Waals surface area contributed by atoms with Crippen molar-refractivity contribution in [3.8, 4) is 0 Å². The van der Waals surface area contributed by atoms with Gasteiger partial charge < -0.3 is 10.6 Å². The van der Waals surface area contributed by atoms with E-state index in [0.29, 0.717) is 11.2 Å². The summed E-state index contributed by atoms with van der Waals surface area (Å²) in [6, 6.07) is 0.361. The van der Waals surface area contributed by atoms with Crippen LogP contribution in [-0.4, -0.2) is 33.9 Å². The summed E-state index contributed by atoms with van der Waals surface area (Å²) in [5.74, 6) is 0.733. The lowest BCUT2D eigenvalue weighted by Gasteiger charge is -2.12. The molecule has 0 aromatic rings. The SMILES string of the molecule is CC(C)NC(=S)NCCCS(C)=O. The first-order valence-electron chi connectivity index (χ1n) is 4.36. The Balaban J connectivity index is 3.32. The molecular formula is C8H18N2OS2. The van der Waals surface area contributed by atoms with Crippen LogP contribution in [0.5, 0.6) is 0 Å². The predicted molar refractivity (Wildman–Crippen MR) is 62.4 cm³/mol. The standard InChI is InChI=1S/C8H18N2OS2/c1-7(2)10-8(12)9-5-4-6-13(3)11/h7H,4-6H2,1-3H3,(H2,9,10,12). The molecule has 0 spiro atoms. The van der Waals surface area contributed by atoms with E-state index in [2.05, 4.69) is 10.6 Å². The lowest BCUT2D eigenvalue weighted by Crippen LogP contribution is -2.39. The second-order valence-corrected chi connectivity index (χ2v) is 5.15. The largest absolute Gasteiger partial charge is 0.363 e. The van der Waals surface area contributed by atoms with E-state index in [-0.39, 0.29) is 0 Å². The van der Waals surface area contributed by atoms with Crippen LogP contribution in [0.2, 0.25) is 0 Å². The molecule has 0 aliphatic carbocycles. The van der Waals surface area contributed by atoms with Crippen LogP contribution in [0.25, 0.3) is 0 Å². The summed E-state index contributed by atoms with van der Waals surface area (Å²) in [6.45, 7) is 4.86. The minimum atomic E-state index is -0.695. The van der Waals surface area contributed by atoms with E-state index in [9.17, 15) is 4.21 Å². The third-order valence-corrected chi connectivity index (χ3v) is 2.44. The van der Waals surface area contributed by atoms with E-state index < -0.39 is 10.8 Å². The Kier molecular flexibility index (Phi) is 7.17. The maximum atomic E-state index is 10.7. The Morgan fingerprint density at radius 1 is 1.54 bits per heavy atom. The molecular weight excluding hydrogens is 204 g/mol. The molecule has 0 aliphatic heterocycles. The Labute approximate surface area is 88.1 Å². The summed E-state index contributed by atoms with van der Waals surface area (Å²) in [6.07, 6.45) is 2.60. The van der Waals surface area contributed by atoms with Gasteiger partial charge in [-0.1, -0.05) is 0 Å². The molecule has 0 rings (SSSR count). The molecule has 13 heavy (non-hydrogen) atoms. The van der Waals surface area contributed by atoms with Crippen LogP contribution in [0.1, 0.15) is 20.3 Å². The van der Waals surface area contributed by atoms with Crippen LogP contribution < -0.4 is 10.6 Å².